The Kier molecular flexibility index (Phi) is 7.69. The first-order chi connectivity index (χ1) is 10.3. The molecule has 1 unspecified atom stereocenters. The highest BCUT2D eigenvalue weighted by Crippen LogP contribution is 2.18. The number of amides is 1. The molecule has 0 saturated heterocycles. The highest BCUT2D eigenvalue weighted by molar-refractivity contribution is 6.30. The van der Waals surface area contributed by atoms with E-state index in [2.05, 4.69) is 17.6 Å². The lowest BCUT2D eigenvalue weighted by Gasteiger charge is -2.20. The third-order valence-corrected chi connectivity index (χ3v) is 3.35. The number of benzene rings is 1. The number of rotatable bonds is 7. The van der Waals surface area contributed by atoms with E-state index in [9.17, 15) is 4.79 Å². The summed E-state index contributed by atoms with van der Waals surface area (Å²) in [6.07, 6.45) is 1.49. The first kappa shape index (κ1) is 18.8. The van der Waals surface area contributed by atoms with E-state index >= 15 is 0 Å². The van der Waals surface area contributed by atoms with Crippen molar-refractivity contribution < 1.29 is 9.53 Å². The van der Waals surface area contributed by atoms with E-state index in [1.165, 1.54) is 5.56 Å². The van der Waals surface area contributed by atoms with Crippen LogP contribution in [0, 0.1) is 0 Å². The van der Waals surface area contributed by atoms with Gasteiger partial charge in [0.25, 0.3) is 0 Å². The molecular formula is C17H27ClN2O2. The van der Waals surface area contributed by atoms with E-state index in [0.29, 0.717) is 12.6 Å². The van der Waals surface area contributed by atoms with E-state index in [4.69, 9.17) is 16.3 Å². The number of carbonyl (C=O) groups is 1. The summed E-state index contributed by atoms with van der Waals surface area (Å²) in [6, 6.07) is 8.21. The molecule has 0 heterocycles. The fraction of sp³-hybridized carbons (Fsp3) is 0.588. The van der Waals surface area contributed by atoms with Crippen LogP contribution in [0.1, 0.15) is 52.1 Å². The van der Waals surface area contributed by atoms with E-state index in [1.807, 2.05) is 45.0 Å². The zero-order valence-electron chi connectivity index (χ0n) is 13.9. The summed E-state index contributed by atoms with van der Waals surface area (Å²) in [5.41, 5.74) is 0.775. The number of ether oxygens (including phenoxy) is 1. The van der Waals surface area contributed by atoms with Gasteiger partial charge in [-0.3, -0.25) is 0 Å². The van der Waals surface area contributed by atoms with Crippen molar-refractivity contribution in [1.82, 2.24) is 10.6 Å². The molecule has 0 fully saturated rings. The third kappa shape index (κ3) is 7.66. The number of hydrogen-bond acceptors (Lipinski definition) is 3. The maximum absolute atomic E-state index is 11.5. The van der Waals surface area contributed by atoms with Gasteiger partial charge in [0.2, 0.25) is 0 Å². The van der Waals surface area contributed by atoms with Gasteiger partial charge in [-0.2, -0.15) is 0 Å². The van der Waals surface area contributed by atoms with Crippen LogP contribution in [0.2, 0.25) is 5.02 Å². The minimum absolute atomic E-state index is 0.304. The van der Waals surface area contributed by atoms with Crippen molar-refractivity contribution in [3.8, 4) is 0 Å². The maximum Gasteiger partial charge on any atom is 0.407 e. The van der Waals surface area contributed by atoms with Crippen molar-refractivity contribution in [2.24, 2.45) is 0 Å². The first-order valence-corrected chi connectivity index (χ1v) is 8.15. The molecule has 1 amide bonds. The normalized spacial score (nSPS) is 12.8. The molecule has 0 aromatic heterocycles. The molecule has 0 radical (unpaired) electrons. The number of hydrogen-bond donors (Lipinski definition) is 2. The minimum Gasteiger partial charge on any atom is -0.444 e. The van der Waals surface area contributed by atoms with E-state index in [1.54, 1.807) is 0 Å². The van der Waals surface area contributed by atoms with Gasteiger partial charge in [0.05, 0.1) is 0 Å². The molecule has 1 aromatic carbocycles. The molecule has 0 bridgehead atoms. The Hall–Kier alpha value is -1.26. The molecule has 0 saturated carbocycles. The molecule has 124 valence electrons. The molecule has 4 nitrogen and oxygen atoms in total. The van der Waals surface area contributed by atoms with Crippen LogP contribution in [-0.2, 0) is 4.74 Å². The predicted molar refractivity (Wildman–Crippen MR) is 91.3 cm³/mol. The second-order valence-corrected chi connectivity index (χ2v) is 6.69. The number of halogens is 1. The third-order valence-electron chi connectivity index (χ3n) is 3.09. The SMILES string of the molecule is CCC(NCCCNC(=O)OC(C)(C)C)c1ccc(Cl)cc1. The van der Waals surface area contributed by atoms with Crippen LogP contribution in [0.25, 0.3) is 0 Å². The molecule has 1 atom stereocenters. The summed E-state index contributed by atoms with van der Waals surface area (Å²) in [6.45, 7) is 9.13. The molecule has 1 rings (SSSR count). The van der Waals surface area contributed by atoms with Crippen molar-refractivity contribution >= 4 is 17.7 Å². The van der Waals surface area contributed by atoms with Gasteiger partial charge in [-0.05, 0) is 57.9 Å². The molecular weight excluding hydrogens is 300 g/mol. The van der Waals surface area contributed by atoms with Crippen molar-refractivity contribution in [3.63, 3.8) is 0 Å². The van der Waals surface area contributed by atoms with Gasteiger partial charge in [-0.1, -0.05) is 30.7 Å². The summed E-state index contributed by atoms with van der Waals surface area (Å²) < 4.78 is 5.18. The average Bonchev–Trinajstić information content (AvgIpc) is 2.42. The lowest BCUT2D eigenvalue weighted by atomic mass is 10.0. The number of alkyl carbamates (subject to hydrolysis) is 1. The quantitative estimate of drug-likeness (QED) is 0.735. The van der Waals surface area contributed by atoms with Crippen LogP contribution in [0.4, 0.5) is 4.79 Å². The maximum atomic E-state index is 11.5. The zero-order chi connectivity index (χ0) is 16.6. The minimum atomic E-state index is -0.454. The first-order valence-electron chi connectivity index (χ1n) is 7.77. The second kappa shape index (κ2) is 9.01. The summed E-state index contributed by atoms with van der Waals surface area (Å²) >= 11 is 5.91. The van der Waals surface area contributed by atoms with Crippen molar-refractivity contribution in [3.05, 3.63) is 34.9 Å². The van der Waals surface area contributed by atoms with Crippen molar-refractivity contribution in [2.45, 2.75) is 52.2 Å². The molecule has 2 N–H and O–H groups in total. The topological polar surface area (TPSA) is 50.4 Å². The Bertz CT molecular complexity index is 455. The van der Waals surface area contributed by atoms with Crippen molar-refractivity contribution in [2.75, 3.05) is 13.1 Å². The number of carbonyl (C=O) groups excluding carboxylic acids is 1. The predicted octanol–water partition coefficient (Wildman–Crippen LogP) is 4.30. The van der Waals surface area contributed by atoms with Gasteiger partial charge in [0.1, 0.15) is 5.60 Å². The molecule has 0 spiro atoms. The van der Waals surface area contributed by atoms with Crippen LogP contribution < -0.4 is 10.6 Å². The fourth-order valence-electron chi connectivity index (χ4n) is 2.06. The van der Waals surface area contributed by atoms with Gasteiger partial charge < -0.3 is 15.4 Å². The van der Waals surface area contributed by atoms with Gasteiger partial charge >= 0.3 is 6.09 Å². The monoisotopic (exact) mass is 326 g/mol. The summed E-state index contributed by atoms with van der Waals surface area (Å²) in [4.78, 5) is 11.5. The Morgan fingerprint density at radius 1 is 1.23 bits per heavy atom. The lowest BCUT2D eigenvalue weighted by Crippen LogP contribution is -2.34. The zero-order valence-corrected chi connectivity index (χ0v) is 14.7. The van der Waals surface area contributed by atoms with Gasteiger partial charge in [0.15, 0.2) is 0 Å². The van der Waals surface area contributed by atoms with Gasteiger partial charge in [-0.15, -0.1) is 0 Å². The van der Waals surface area contributed by atoms with E-state index in [0.717, 1.165) is 24.4 Å². The van der Waals surface area contributed by atoms with Crippen LogP contribution in [0.15, 0.2) is 24.3 Å². The van der Waals surface area contributed by atoms with Crippen LogP contribution >= 0.6 is 11.6 Å². The molecule has 0 aliphatic rings. The fourth-order valence-corrected chi connectivity index (χ4v) is 2.19. The van der Waals surface area contributed by atoms with Crippen LogP contribution in [0.5, 0.6) is 0 Å². The average molecular weight is 327 g/mol. The molecule has 22 heavy (non-hydrogen) atoms. The highest BCUT2D eigenvalue weighted by atomic mass is 35.5. The number of nitrogens with one attached hydrogen (secondary N) is 2. The Labute approximate surface area is 138 Å². The Morgan fingerprint density at radius 3 is 2.41 bits per heavy atom. The molecule has 0 aliphatic heterocycles. The molecule has 5 heteroatoms. The molecule has 0 aliphatic carbocycles. The Morgan fingerprint density at radius 2 is 1.86 bits per heavy atom. The largest absolute Gasteiger partial charge is 0.444 e. The Balaban J connectivity index is 2.25. The van der Waals surface area contributed by atoms with Gasteiger partial charge in [-0.25, -0.2) is 4.79 Å². The second-order valence-electron chi connectivity index (χ2n) is 6.25. The molecule has 1 aromatic rings. The van der Waals surface area contributed by atoms with E-state index < -0.39 is 5.60 Å². The summed E-state index contributed by atoms with van der Waals surface area (Å²) in [7, 11) is 0. The standard InChI is InChI=1S/C17H27ClN2O2/c1-5-15(13-7-9-14(18)10-8-13)19-11-6-12-20-16(21)22-17(2,3)4/h7-10,15,19H,5-6,11-12H2,1-4H3,(H,20,21). The van der Waals surface area contributed by atoms with Crippen LogP contribution in [-0.4, -0.2) is 24.8 Å². The smallest absolute Gasteiger partial charge is 0.407 e. The van der Waals surface area contributed by atoms with Gasteiger partial charge in [0, 0.05) is 17.6 Å². The lowest BCUT2D eigenvalue weighted by molar-refractivity contribution is 0.0527. The van der Waals surface area contributed by atoms with Crippen molar-refractivity contribution in [1.29, 1.82) is 0 Å². The van der Waals surface area contributed by atoms with E-state index in [-0.39, 0.29) is 6.09 Å². The summed E-state index contributed by atoms with van der Waals surface area (Å²) in [5, 5.41) is 7.00. The summed E-state index contributed by atoms with van der Waals surface area (Å²) in [5.74, 6) is 0. The van der Waals surface area contributed by atoms with Crippen LogP contribution in [0.3, 0.4) is 0 Å². The highest BCUT2D eigenvalue weighted by Gasteiger charge is 2.15.